The maximum absolute atomic E-state index is 12.2. The van der Waals surface area contributed by atoms with E-state index in [0.717, 1.165) is 0 Å². The fourth-order valence-electron chi connectivity index (χ4n) is 2.20. The fraction of sp³-hybridized carbons (Fsp3) is 0.688. The number of carbonyl (C=O) groups excluding carboxylic acids is 3. The molecule has 1 aromatic heterocycles. The topological polar surface area (TPSA) is 186 Å². The first kappa shape index (κ1) is 22.5. The third kappa shape index (κ3) is 6.94. The Kier molecular flexibility index (Phi) is 8.32. The molecular formula is C16H28N6O5. The van der Waals surface area contributed by atoms with E-state index in [4.69, 9.17) is 16.0 Å². The lowest BCUT2D eigenvalue weighted by Crippen LogP contribution is -2.48. The van der Waals surface area contributed by atoms with Crippen molar-refractivity contribution in [1.82, 2.24) is 20.8 Å². The largest absolute Gasteiger partial charge is 0.391 e. The first-order valence-electron chi connectivity index (χ1n) is 8.65. The molecule has 0 bridgehead atoms. The molecule has 0 aromatic carbocycles. The maximum Gasteiger partial charge on any atom is 0.316 e. The summed E-state index contributed by atoms with van der Waals surface area (Å²) in [5.41, 5.74) is 11.0. The van der Waals surface area contributed by atoms with Gasteiger partial charge >= 0.3 is 6.03 Å². The van der Waals surface area contributed by atoms with E-state index in [1.807, 2.05) is 13.8 Å². The van der Waals surface area contributed by atoms with Crippen LogP contribution in [0.5, 0.6) is 0 Å². The van der Waals surface area contributed by atoms with Gasteiger partial charge in [-0.2, -0.15) is 4.98 Å². The average molecular weight is 384 g/mol. The molecule has 0 radical (unpaired) electrons. The molecule has 1 unspecified atom stereocenters. The van der Waals surface area contributed by atoms with Gasteiger partial charge in [0.1, 0.15) is 6.04 Å². The monoisotopic (exact) mass is 384 g/mol. The first-order valence-corrected chi connectivity index (χ1v) is 8.65. The number of nitrogens with one attached hydrogen (secondary N) is 2. The van der Waals surface area contributed by atoms with Gasteiger partial charge in [-0.3, -0.25) is 9.59 Å². The molecule has 0 aliphatic rings. The Labute approximate surface area is 157 Å². The van der Waals surface area contributed by atoms with E-state index < -0.39 is 36.2 Å². The van der Waals surface area contributed by atoms with Crippen molar-refractivity contribution in [2.75, 3.05) is 0 Å². The lowest BCUT2D eigenvalue weighted by Gasteiger charge is -2.21. The highest BCUT2D eigenvalue weighted by atomic mass is 16.5. The molecule has 0 aliphatic carbocycles. The number of aliphatic hydroxyl groups excluding tert-OH is 1. The van der Waals surface area contributed by atoms with Crippen LogP contribution in [0.2, 0.25) is 0 Å². The highest BCUT2D eigenvalue weighted by molar-refractivity contribution is 5.87. The van der Waals surface area contributed by atoms with Crippen LogP contribution in [0, 0.1) is 5.92 Å². The predicted octanol–water partition coefficient (Wildman–Crippen LogP) is -0.330. The van der Waals surface area contributed by atoms with Crippen molar-refractivity contribution < 1.29 is 24.0 Å². The van der Waals surface area contributed by atoms with Crippen LogP contribution in [-0.2, 0) is 9.59 Å². The van der Waals surface area contributed by atoms with Crippen molar-refractivity contribution in [2.24, 2.45) is 17.4 Å². The number of aliphatic hydroxyl groups is 1. The molecule has 3 amide bonds. The van der Waals surface area contributed by atoms with Crippen molar-refractivity contribution in [3.8, 4) is 0 Å². The number of amides is 3. The summed E-state index contributed by atoms with van der Waals surface area (Å²) in [7, 11) is 0. The van der Waals surface area contributed by atoms with Crippen LogP contribution >= 0.6 is 0 Å². The van der Waals surface area contributed by atoms with Crippen LogP contribution in [0.15, 0.2) is 4.52 Å². The third-order valence-electron chi connectivity index (χ3n) is 3.98. The minimum atomic E-state index is -1.05. The van der Waals surface area contributed by atoms with Gasteiger partial charge in [0.2, 0.25) is 5.91 Å². The molecule has 0 saturated heterocycles. The summed E-state index contributed by atoms with van der Waals surface area (Å²) in [6.45, 7) is 6.52. The number of hydrogen-bond acceptors (Lipinski definition) is 8. The summed E-state index contributed by atoms with van der Waals surface area (Å²) in [6.07, 6.45) is -1.03. The molecule has 1 heterocycles. The molecule has 152 valence electrons. The second-order valence-electron chi connectivity index (χ2n) is 6.76. The first-order chi connectivity index (χ1) is 12.5. The van der Waals surface area contributed by atoms with Crippen molar-refractivity contribution in [3.05, 3.63) is 11.7 Å². The maximum atomic E-state index is 12.2. The summed E-state index contributed by atoms with van der Waals surface area (Å²) in [5, 5.41) is 18.7. The van der Waals surface area contributed by atoms with Gasteiger partial charge < -0.3 is 31.7 Å². The van der Waals surface area contributed by atoms with Gasteiger partial charge in [-0.1, -0.05) is 19.0 Å². The van der Waals surface area contributed by atoms with E-state index in [9.17, 15) is 19.5 Å². The van der Waals surface area contributed by atoms with Crippen LogP contribution < -0.4 is 22.1 Å². The molecule has 4 atom stereocenters. The zero-order chi connectivity index (χ0) is 20.7. The third-order valence-corrected chi connectivity index (χ3v) is 3.98. The lowest BCUT2D eigenvalue weighted by atomic mass is 10.1. The molecule has 11 nitrogen and oxygen atoms in total. The number of urea groups is 1. The second-order valence-corrected chi connectivity index (χ2v) is 6.76. The normalized spacial score (nSPS) is 15.7. The quantitative estimate of drug-likeness (QED) is 0.362. The van der Waals surface area contributed by atoms with Gasteiger partial charge in [-0.05, 0) is 26.2 Å². The highest BCUT2D eigenvalue weighted by Gasteiger charge is 2.29. The van der Waals surface area contributed by atoms with Crippen LogP contribution in [-0.4, -0.2) is 45.1 Å². The summed E-state index contributed by atoms with van der Waals surface area (Å²) < 4.78 is 5.12. The summed E-state index contributed by atoms with van der Waals surface area (Å²) >= 11 is 0. The van der Waals surface area contributed by atoms with Crippen molar-refractivity contribution in [2.45, 2.75) is 64.8 Å². The number of Topliss-reactive ketones (excluding diaryl/α,β-unsaturated/α-hetero) is 1. The van der Waals surface area contributed by atoms with Gasteiger partial charge in [0.05, 0.1) is 18.2 Å². The van der Waals surface area contributed by atoms with E-state index >= 15 is 0 Å². The van der Waals surface area contributed by atoms with Crippen LogP contribution in [0.1, 0.15) is 64.3 Å². The molecule has 0 fully saturated rings. The summed E-state index contributed by atoms with van der Waals surface area (Å²) in [5.74, 6) is -0.592. The van der Waals surface area contributed by atoms with Gasteiger partial charge in [0.25, 0.3) is 5.89 Å². The van der Waals surface area contributed by atoms with Crippen LogP contribution in [0.4, 0.5) is 4.79 Å². The van der Waals surface area contributed by atoms with E-state index in [-0.39, 0.29) is 36.3 Å². The Morgan fingerprint density at radius 2 is 1.85 bits per heavy atom. The number of rotatable bonds is 10. The van der Waals surface area contributed by atoms with E-state index in [1.54, 1.807) is 0 Å². The predicted molar refractivity (Wildman–Crippen MR) is 95.1 cm³/mol. The number of nitrogens with two attached hydrogens (primary N) is 2. The van der Waals surface area contributed by atoms with Crippen molar-refractivity contribution in [1.29, 1.82) is 0 Å². The van der Waals surface area contributed by atoms with Gasteiger partial charge in [-0.25, -0.2) is 4.79 Å². The number of primary amides is 1. The molecule has 1 aromatic rings. The highest BCUT2D eigenvalue weighted by Crippen LogP contribution is 2.20. The van der Waals surface area contributed by atoms with Gasteiger partial charge in [-0.15, -0.1) is 0 Å². The fourth-order valence-corrected chi connectivity index (χ4v) is 2.20. The minimum Gasteiger partial charge on any atom is -0.391 e. The Bertz CT molecular complexity index is 659. The van der Waals surface area contributed by atoms with Crippen molar-refractivity contribution >= 4 is 17.7 Å². The SMILES string of the molecule is CC(=O)[C@H](CCC(N)=O)NC(=O)N[C@H](c1nc([C@@H](N)C(C)C)no1)C(C)O. The molecular weight excluding hydrogens is 356 g/mol. The molecule has 11 heteroatoms. The van der Waals surface area contributed by atoms with Crippen molar-refractivity contribution in [3.63, 3.8) is 0 Å². The number of hydrogen-bond donors (Lipinski definition) is 5. The summed E-state index contributed by atoms with van der Waals surface area (Å²) in [6, 6.07) is -3.09. The number of ketones is 1. The molecule has 27 heavy (non-hydrogen) atoms. The Hall–Kier alpha value is -2.53. The zero-order valence-corrected chi connectivity index (χ0v) is 15.9. The summed E-state index contributed by atoms with van der Waals surface area (Å²) in [4.78, 5) is 38.9. The number of nitrogens with zero attached hydrogens (tertiary/aromatic N) is 2. The Balaban J connectivity index is 2.83. The second kappa shape index (κ2) is 9.97. The average Bonchev–Trinajstić information content (AvgIpc) is 3.04. The molecule has 1 rings (SSSR count). The van der Waals surface area contributed by atoms with Crippen LogP contribution in [0.25, 0.3) is 0 Å². The smallest absolute Gasteiger partial charge is 0.316 e. The lowest BCUT2D eigenvalue weighted by molar-refractivity contribution is -0.120. The zero-order valence-electron chi connectivity index (χ0n) is 15.9. The molecule has 0 aliphatic heterocycles. The van der Waals surface area contributed by atoms with E-state index in [0.29, 0.717) is 0 Å². The Morgan fingerprint density at radius 1 is 1.22 bits per heavy atom. The standard InChI is InChI=1S/C16H28N6O5/c1-7(2)12(18)14-21-15(27-22-14)13(9(4)24)20-16(26)19-10(8(3)23)5-6-11(17)25/h7,9-10,12-13,24H,5-6,18H2,1-4H3,(H2,17,25)(H2,19,20,26)/t9?,10-,12-,13-/m0/s1. The number of carbonyl (C=O) groups is 3. The van der Waals surface area contributed by atoms with E-state index in [2.05, 4.69) is 20.8 Å². The molecule has 0 spiro atoms. The number of aromatic nitrogens is 2. The minimum absolute atomic E-state index is 0.0113. The van der Waals surface area contributed by atoms with Gasteiger partial charge in [0.15, 0.2) is 11.6 Å². The van der Waals surface area contributed by atoms with Crippen LogP contribution in [0.3, 0.4) is 0 Å². The molecule has 0 saturated carbocycles. The molecule has 7 N–H and O–H groups in total. The Morgan fingerprint density at radius 3 is 2.33 bits per heavy atom. The van der Waals surface area contributed by atoms with Gasteiger partial charge in [0, 0.05) is 6.42 Å². The van der Waals surface area contributed by atoms with E-state index in [1.165, 1.54) is 13.8 Å².